The van der Waals surface area contributed by atoms with Gasteiger partial charge in [-0.15, -0.1) is 0 Å². The van der Waals surface area contributed by atoms with Gasteiger partial charge in [0, 0.05) is 30.9 Å². The van der Waals surface area contributed by atoms with E-state index in [2.05, 4.69) is 10.4 Å². The number of nitriles is 1. The molecule has 0 bridgehead atoms. The van der Waals surface area contributed by atoms with E-state index in [4.69, 9.17) is 11.0 Å². The fourth-order valence-electron chi connectivity index (χ4n) is 1.71. The zero-order valence-electron chi connectivity index (χ0n) is 10.7. The normalized spacial score (nSPS) is 10.0. The number of nitrogen functional groups attached to an aromatic ring is 1. The molecular weight excluding hydrogens is 260 g/mol. The van der Waals surface area contributed by atoms with Crippen LogP contribution >= 0.6 is 0 Å². The highest BCUT2D eigenvalue weighted by Crippen LogP contribution is 2.23. The number of nitro groups is 1. The summed E-state index contributed by atoms with van der Waals surface area (Å²) in [5.41, 5.74) is 6.94. The van der Waals surface area contributed by atoms with Crippen LogP contribution in [0.4, 0.5) is 17.2 Å². The molecule has 0 saturated carbocycles. The number of nitrogens with one attached hydrogen (secondary N) is 1. The van der Waals surface area contributed by atoms with E-state index in [1.807, 2.05) is 0 Å². The summed E-state index contributed by atoms with van der Waals surface area (Å²) in [4.78, 5) is 10.3. The Kier molecular flexibility index (Phi) is 3.52. The lowest BCUT2D eigenvalue weighted by Gasteiger charge is -2.06. The average Bonchev–Trinajstić information content (AvgIpc) is 2.76. The molecule has 102 valence electrons. The minimum absolute atomic E-state index is 0.0291. The molecule has 1 aromatic carbocycles. The summed E-state index contributed by atoms with van der Waals surface area (Å²) in [7, 11) is 1.73. The number of rotatable bonds is 4. The van der Waals surface area contributed by atoms with E-state index in [0.29, 0.717) is 18.1 Å². The third-order valence-corrected chi connectivity index (χ3v) is 2.86. The predicted octanol–water partition coefficient (Wildman–Crippen LogP) is 1.39. The maximum absolute atomic E-state index is 10.9. The van der Waals surface area contributed by atoms with Crippen LogP contribution in [0, 0.1) is 21.4 Å². The van der Waals surface area contributed by atoms with Crippen LogP contribution in [0.5, 0.6) is 0 Å². The van der Waals surface area contributed by atoms with Gasteiger partial charge in [-0.3, -0.25) is 14.8 Å². The van der Waals surface area contributed by atoms with Crippen LogP contribution < -0.4 is 11.1 Å². The topological polar surface area (TPSA) is 123 Å². The Hall–Kier alpha value is -3.08. The lowest BCUT2D eigenvalue weighted by atomic mass is 10.1. The molecule has 0 aliphatic rings. The van der Waals surface area contributed by atoms with Crippen molar-refractivity contribution >= 4 is 17.2 Å². The average molecular weight is 272 g/mol. The van der Waals surface area contributed by atoms with Gasteiger partial charge >= 0.3 is 0 Å². The van der Waals surface area contributed by atoms with Crippen molar-refractivity contribution in [2.75, 3.05) is 11.1 Å². The standard InChI is InChI=1S/C12H12N6O2/c1-17-12(14)9(7-16-17)6-15-10-3-2-8(5-13)11(4-10)18(19)20/h2-4,7,15H,6,14H2,1H3. The first-order valence-electron chi connectivity index (χ1n) is 5.71. The maximum Gasteiger partial charge on any atom is 0.289 e. The highest BCUT2D eigenvalue weighted by molar-refractivity contribution is 5.59. The summed E-state index contributed by atoms with van der Waals surface area (Å²) < 4.78 is 1.54. The van der Waals surface area contributed by atoms with Gasteiger partial charge in [0.15, 0.2) is 0 Å². The van der Waals surface area contributed by atoms with Crippen molar-refractivity contribution in [2.45, 2.75) is 6.54 Å². The van der Waals surface area contributed by atoms with Crippen LogP contribution in [0.2, 0.25) is 0 Å². The van der Waals surface area contributed by atoms with E-state index in [-0.39, 0.29) is 11.3 Å². The van der Waals surface area contributed by atoms with Gasteiger partial charge in [0.1, 0.15) is 17.5 Å². The van der Waals surface area contributed by atoms with Gasteiger partial charge in [-0.05, 0) is 12.1 Å². The largest absolute Gasteiger partial charge is 0.384 e. The van der Waals surface area contributed by atoms with Crippen molar-refractivity contribution in [1.82, 2.24) is 9.78 Å². The summed E-state index contributed by atoms with van der Waals surface area (Å²) in [6.07, 6.45) is 1.63. The molecule has 1 heterocycles. The molecule has 0 amide bonds. The Balaban J connectivity index is 2.19. The van der Waals surface area contributed by atoms with Crippen molar-refractivity contribution in [3.8, 4) is 6.07 Å². The van der Waals surface area contributed by atoms with Crippen molar-refractivity contribution in [1.29, 1.82) is 5.26 Å². The molecule has 8 nitrogen and oxygen atoms in total. The molecule has 0 radical (unpaired) electrons. The second kappa shape index (κ2) is 5.27. The molecule has 0 aliphatic carbocycles. The van der Waals surface area contributed by atoms with Crippen LogP contribution in [-0.2, 0) is 13.6 Å². The Morgan fingerprint density at radius 2 is 2.35 bits per heavy atom. The number of hydrogen-bond acceptors (Lipinski definition) is 6. The van der Waals surface area contributed by atoms with Crippen LogP contribution in [-0.4, -0.2) is 14.7 Å². The lowest BCUT2D eigenvalue weighted by Crippen LogP contribution is -2.04. The third kappa shape index (κ3) is 2.51. The van der Waals surface area contributed by atoms with Gasteiger partial charge in [-0.25, -0.2) is 0 Å². The molecule has 2 rings (SSSR count). The second-order valence-electron chi connectivity index (χ2n) is 4.13. The summed E-state index contributed by atoms with van der Waals surface area (Å²) in [5, 5.41) is 26.7. The van der Waals surface area contributed by atoms with E-state index >= 15 is 0 Å². The molecule has 1 aromatic heterocycles. The predicted molar refractivity (Wildman–Crippen MR) is 72.8 cm³/mol. The first-order chi connectivity index (χ1) is 9.52. The molecule has 0 saturated heterocycles. The Labute approximate surface area is 114 Å². The van der Waals surface area contributed by atoms with Gasteiger partial charge in [0.25, 0.3) is 5.69 Å². The second-order valence-corrected chi connectivity index (χ2v) is 4.13. The molecule has 0 spiro atoms. The monoisotopic (exact) mass is 272 g/mol. The molecule has 0 unspecified atom stereocenters. The fourth-order valence-corrected chi connectivity index (χ4v) is 1.71. The molecule has 20 heavy (non-hydrogen) atoms. The molecule has 3 N–H and O–H groups in total. The number of hydrogen-bond donors (Lipinski definition) is 2. The first-order valence-corrected chi connectivity index (χ1v) is 5.71. The Morgan fingerprint density at radius 3 is 2.90 bits per heavy atom. The zero-order chi connectivity index (χ0) is 14.7. The Bertz CT molecular complexity index is 700. The minimum Gasteiger partial charge on any atom is -0.384 e. The molecule has 2 aromatic rings. The van der Waals surface area contributed by atoms with Gasteiger partial charge in [-0.1, -0.05) is 0 Å². The summed E-state index contributed by atoms with van der Waals surface area (Å²) >= 11 is 0. The minimum atomic E-state index is -0.581. The smallest absolute Gasteiger partial charge is 0.289 e. The number of nitro benzene ring substituents is 1. The summed E-state index contributed by atoms with van der Waals surface area (Å²) in [5.74, 6) is 0.528. The molecule has 0 fully saturated rings. The van der Waals surface area contributed by atoms with Crippen molar-refractivity contribution in [3.05, 3.63) is 45.6 Å². The quantitative estimate of drug-likeness (QED) is 0.640. The molecule has 0 aliphatic heterocycles. The number of nitrogens with zero attached hydrogens (tertiary/aromatic N) is 4. The number of aromatic nitrogens is 2. The molecule has 0 atom stereocenters. The van der Waals surface area contributed by atoms with Gasteiger partial charge in [0.2, 0.25) is 0 Å². The van der Waals surface area contributed by atoms with Crippen LogP contribution in [0.1, 0.15) is 11.1 Å². The molecule has 8 heteroatoms. The number of aryl methyl sites for hydroxylation is 1. The number of benzene rings is 1. The maximum atomic E-state index is 10.9. The van der Waals surface area contributed by atoms with E-state index in [0.717, 1.165) is 5.56 Å². The number of anilines is 2. The first kappa shape index (κ1) is 13.4. The van der Waals surface area contributed by atoms with Gasteiger partial charge in [-0.2, -0.15) is 10.4 Å². The van der Waals surface area contributed by atoms with Gasteiger partial charge in [0.05, 0.1) is 11.1 Å². The van der Waals surface area contributed by atoms with E-state index < -0.39 is 4.92 Å². The lowest BCUT2D eigenvalue weighted by molar-refractivity contribution is -0.385. The Morgan fingerprint density at radius 1 is 1.60 bits per heavy atom. The molecular formula is C12H12N6O2. The number of nitrogens with two attached hydrogens (primary N) is 1. The summed E-state index contributed by atoms with van der Waals surface area (Å²) in [6.45, 7) is 0.392. The van der Waals surface area contributed by atoms with Crippen molar-refractivity contribution in [3.63, 3.8) is 0 Å². The van der Waals surface area contributed by atoms with Crippen LogP contribution in [0.25, 0.3) is 0 Å². The zero-order valence-corrected chi connectivity index (χ0v) is 10.7. The van der Waals surface area contributed by atoms with Crippen LogP contribution in [0.15, 0.2) is 24.4 Å². The fraction of sp³-hybridized carbons (Fsp3) is 0.167. The van der Waals surface area contributed by atoms with Gasteiger partial charge < -0.3 is 11.1 Å². The third-order valence-electron chi connectivity index (χ3n) is 2.86. The van der Waals surface area contributed by atoms with Crippen LogP contribution in [0.3, 0.4) is 0 Å². The highest BCUT2D eigenvalue weighted by Gasteiger charge is 2.14. The SMILES string of the molecule is Cn1ncc(CNc2ccc(C#N)c([N+](=O)[O-])c2)c1N. The summed E-state index contributed by atoms with van der Waals surface area (Å²) in [6, 6.07) is 6.13. The van der Waals surface area contributed by atoms with Crippen molar-refractivity contribution < 1.29 is 4.92 Å². The van der Waals surface area contributed by atoms with Crippen molar-refractivity contribution in [2.24, 2.45) is 7.05 Å². The van der Waals surface area contributed by atoms with E-state index in [9.17, 15) is 10.1 Å². The van der Waals surface area contributed by atoms with E-state index in [1.54, 1.807) is 25.4 Å². The van der Waals surface area contributed by atoms with E-state index in [1.165, 1.54) is 16.8 Å². The highest BCUT2D eigenvalue weighted by atomic mass is 16.6.